The number of aliphatic hydroxyl groups excluding tert-OH is 2. The molecule has 0 amide bonds. The first kappa shape index (κ1) is 20.7. The highest BCUT2D eigenvalue weighted by Gasteiger charge is 2.08. The second kappa shape index (κ2) is 11.3. The van der Waals surface area contributed by atoms with Crippen LogP contribution in [0.5, 0.6) is 11.5 Å². The molecule has 1 aromatic rings. The number of benzene rings is 1. The summed E-state index contributed by atoms with van der Waals surface area (Å²) in [6.07, 6.45) is -1.14. The molecule has 1 aromatic carbocycles. The Morgan fingerprint density at radius 3 is 1.62 bits per heavy atom. The van der Waals surface area contributed by atoms with Crippen LogP contribution in [0.1, 0.15) is 27.7 Å². The summed E-state index contributed by atoms with van der Waals surface area (Å²) in [6, 6.07) is 7.85. The van der Waals surface area contributed by atoms with Crippen molar-refractivity contribution in [2.75, 3.05) is 26.3 Å². The molecule has 0 saturated carbocycles. The lowest BCUT2D eigenvalue weighted by molar-refractivity contribution is 0.101. The molecule has 1 rings (SSSR count). The van der Waals surface area contributed by atoms with Gasteiger partial charge in [0.1, 0.15) is 36.9 Å². The van der Waals surface area contributed by atoms with Gasteiger partial charge in [-0.15, -0.1) is 0 Å². The molecule has 0 radical (unpaired) electrons. The van der Waals surface area contributed by atoms with Crippen molar-refractivity contribution in [3.63, 3.8) is 0 Å². The van der Waals surface area contributed by atoms with E-state index < -0.39 is 12.2 Å². The van der Waals surface area contributed by atoms with Gasteiger partial charge in [0.25, 0.3) is 0 Å². The summed E-state index contributed by atoms with van der Waals surface area (Å²) < 4.78 is 11.2. The van der Waals surface area contributed by atoms with Crippen LogP contribution in [0.25, 0.3) is 0 Å². The topological polar surface area (TPSA) is 83.0 Å². The molecule has 0 spiro atoms. The fraction of sp³-hybridized carbons (Fsp3) is 0.667. The zero-order valence-corrected chi connectivity index (χ0v) is 15.2. The Morgan fingerprint density at radius 2 is 1.25 bits per heavy atom. The molecule has 0 aliphatic heterocycles. The van der Waals surface area contributed by atoms with Crippen molar-refractivity contribution in [2.45, 2.75) is 52.0 Å². The van der Waals surface area contributed by atoms with E-state index in [1.165, 1.54) is 0 Å². The van der Waals surface area contributed by atoms with Crippen LogP contribution >= 0.6 is 0 Å². The molecule has 0 aliphatic carbocycles. The van der Waals surface area contributed by atoms with Crippen LogP contribution in [0.3, 0.4) is 0 Å². The Bertz CT molecular complexity index is 417. The quantitative estimate of drug-likeness (QED) is 0.457. The van der Waals surface area contributed by atoms with Gasteiger partial charge in [0, 0.05) is 31.2 Å². The normalized spacial score (nSPS) is 14.0. The van der Waals surface area contributed by atoms with Gasteiger partial charge in [0.2, 0.25) is 0 Å². The van der Waals surface area contributed by atoms with E-state index in [-0.39, 0.29) is 13.2 Å². The molecule has 6 heteroatoms. The third-order valence-electron chi connectivity index (χ3n) is 3.21. The summed E-state index contributed by atoms with van der Waals surface area (Å²) >= 11 is 0. The number of aliphatic hydroxyl groups is 2. The van der Waals surface area contributed by atoms with Crippen LogP contribution in [0.2, 0.25) is 0 Å². The van der Waals surface area contributed by atoms with Crippen molar-refractivity contribution in [3.05, 3.63) is 24.3 Å². The maximum atomic E-state index is 9.85. The van der Waals surface area contributed by atoms with E-state index in [0.29, 0.717) is 36.7 Å². The molecule has 4 N–H and O–H groups in total. The first-order valence-corrected chi connectivity index (χ1v) is 8.55. The lowest BCUT2D eigenvalue weighted by Gasteiger charge is -2.16. The zero-order valence-electron chi connectivity index (χ0n) is 15.2. The largest absolute Gasteiger partial charge is 0.491 e. The van der Waals surface area contributed by atoms with E-state index in [4.69, 9.17) is 9.47 Å². The SMILES string of the molecule is CC(C)NC[C@H](O)COc1cccc(OC[C@@H](O)CNC(C)C)c1. The molecular formula is C18H32N2O4. The molecule has 0 unspecified atom stereocenters. The van der Waals surface area contributed by atoms with E-state index in [1.54, 1.807) is 6.07 Å². The number of ether oxygens (including phenoxy) is 2. The minimum atomic E-state index is -0.569. The molecule has 0 saturated heterocycles. The summed E-state index contributed by atoms with van der Waals surface area (Å²) in [5, 5.41) is 26.0. The Morgan fingerprint density at radius 1 is 0.833 bits per heavy atom. The van der Waals surface area contributed by atoms with Gasteiger partial charge < -0.3 is 30.3 Å². The first-order valence-electron chi connectivity index (χ1n) is 8.55. The van der Waals surface area contributed by atoms with Crippen LogP contribution in [-0.2, 0) is 0 Å². The fourth-order valence-electron chi connectivity index (χ4n) is 1.90. The summed E-state index contributed by atoms with van der Waals surface area (Å²) in [5.41, 5.74) is 0. The standard InChI is InChI=1S/C18H32N2O4/c1-13(2)19-9-15(21)11-23-17-6-5-7-18(8-17)24-12-16(22)10-20-14(3)4/h5-8,13-16,19-22H,9-12H2,1-4H3/t15-,16-/m0/s1. The second-order valence-electron chi connectivity index (χ2n) is 6.53. The van der Waals surface area contributed by atoms with Crippen molar-refractivity contribution in [1.29, 1.82) is 0 Å². The van der Waals surface area contributed by atoms with E-state index in [1.807, 2.05) is 45.9 Å². The molecule has 0 aromatic heterocycles. The van der Waals surface area contributed by atoms with E-state index in [9.17, 15) is 10.2 Å². The van der Waals surface area contributed by atoms with Gasteiger partial charge in [0.05, 0.1) is 0 Å². The Balaban J connectivity index is 2.35. The minimum absolute atomic E-state index is 0.212. The van der Waals surface area contributed by atoms with Gasteiger partial charge in [-0.05, 0) is 12.1 Å². The molecule has 0 fully saturated rings. The maximum absolute atomic E-state index is 9.85. The maximum Gasteiger partial charge on any atom is 0.123 e. The monoisotopic (exact) mass is 340 g/mol. The van der Waals surface area contributed by atoms with Crippen molar-refractivity contribution in [3.8, 4) is 11.5 Å². The van der Waals surface area contributed by atoms with Crippen LogP contribution < -0.4 is 20.1 Å². The van der Waals surface area contributed by atoms with Crippen LogP contribution in [0, 0.1) is 0 Å². The van der Waals surface area contributed by atoms with E-state index >= 15 is 0 Å². The highest BCUT2D eigenvalue weighted by atomic mass is 16.5. The predicted molar refractivity (Wildman–Crippen MR) is 95.7 cm³/mol. The van der Waals surface area contributed by atoms with Crippen LogP contribution in [0.4, 0.5) is 0 Å². The summed E-state index contributed by atoms with van der Waals surface area (Å²) in [4.78, 5) is 0. The molecule has 2 atom stereocenters. The number of nitrogens with one attached hydrogen (secondary N) is 2. The van der Waals surface area contributed by atoms with Crippen LogP contribution in [-0.4, -0.2) is 60.8 Å². The van der Waals surface area contributed by atoms with Gasteiger partial charge >= 0.3 is 0 Å². The zero-order chi connectivity index (χ0) is 17.9. The number of hydrogen-bond donors (Lipinski definition) is 4. The number of rotatable bonds is 12. The van der Waals surface area contributed by atoms with Gasteiger partial charge in [-0.2, -0.15) is 0 Å². The summed E-state index contributed by atoms with van der Waals surface area (Å²) in [5.74, 6) is 1.26. The van der Waals surface area contributed by atoms with Crippen molar-refractivity contribution in [2.24, 2.45) is 0 Å². The van der Waals surface area contributed by atoms with Gasteiger partial charge in [-0.25, -0.2) is 0 Å². The lowest BCUT2D eigenvalue weighted by atomic mass is 10.3. The first-order chi connectivity index (χ1) is 11.4. The van der Waals surface area contributed by atoms with Crippen molar-refractivity contribution >= 4 is 0 Å². The molecule has 6 nitrogen and oxygen atoms in total. The Kier molecular flexibility index (Phi) is 9.71. The predicted octanol–water partition coefficient (Wildman–Crippen LogP) is 1.16. The molecule has 0 aliphatic rings. The molecular weight excluding hydrogens is 308 g/mol. The summed E-state index contributed by atoms with van der Waals surface area (Å²) in [6.45, 7) is 9.51. The second-order valence-corrected chi connectivity index (χ2v) is 6.53. The average Bonchev–Trinajstić information content (AvgIpc) is 2.54. The van der Waals surface area contributed by atoms with Crippen LogP contribution in [0.15, 0.2) is 24.3 Å². The molecule has 24 heavy (non-hydrogen) atoms. The summed E-state index contributed by atoms with van der Waals surface area (Å²) in [7, 11) is 0. The fourth-order valence-corrected chi connectivity index (χ4v) is 1.90. The average molecular weight is 340 g/mol. The van der Waals surface area contributed by atoms with Gasteiger partial charge in [0.15, 0.2) is 0 Å². The van der Waals surface area contributed by atoms with E-state index in [0.717, 1.165) is 0 Å². The Hall–Kier alpha value is -1.34. The van der Waals surface area contributed by atoms with Gasteiger partial charge in [-0.1, -0.05) is 33.8 Å². The van der Waals surface area contributed by atoms with Gasteiger partial charge in [-0.3, -0.25) is 0 Å². The molecule has 0 bridgehead atoms. The number of hydrogen-bond acceptors (Lipinski definition) is 6. The third-order valence-corrected chi connectivity index (χ3v) is 3.21. The highest BCUT2D eigenvalue weighted by Crippen LogP contribution is 2.19. The van der Waals surface area contributed by atoms with Crippen molar-refractivity contribution < 1.29 is 19.7 Å². The highest BCUT2D eigenvalue weighted by molar-refractivity contribution is 5.32. The Labute approximate surface area is 145 Å². The van der Waals surface area contributed by atoms with Crippen molar-refractivity contribution in [1.82, 2.24) is 10.6 Å². The van der Waals surface area contributed by atoms with E-state index in [2.05, 4.69) is 10.6 Å². The molecule has 0 heterocycles. The lowest BCUT2D eigenvalue weighted by Crippen LogP contribution is -2.35. The smallest absolute Gasteiger partial charge is 0.123 e. The molecule has 138 valence electrons. The third kappa shape index (κ3) is 9.72. The minimum Gasteiger partial charge on any atom is -0.491 e.